The number of piperidine rings is 1. The van der Waals surface area contributed by atoms with E-state index in [0.717, 1.165) is 35.7 Å². The summed E-state index contributed by atoms with van der Waals surface area (Å²) in [6.45, 7) is 4.38. The van der Waals surface area contributed by atoms with E-state index in [1.807, 2.05) is 18.5 Å². The lowest BCUT2D eigenvalue weighted by Gasteiger charge is -2.29. The molecule has 0 bridgehead atoms. The van der Waals surface area contributed by atoms with Gasteiger partial charge in [-0.15, -0.1) is 0 Å². The molecule has 0 unspecified atom stereocenters. The van der Waals surface area contributed by atoms with Gasteiger partial charge in [-0.05, 0) is 62.1 Å². The number of rotatable bonds is 3. The zero-order valence-electron chi connectivity index (χ0n) is 15.5. The highest BCUT2D eigenvalue weighted by Gasteiger charge is 2.16. The van der Waals surface area contributed by atoms with Crippen LogP contribution in [-0.4, -0.2) is 33.3 Å². The van der Waals surface area contributed by atoms with Gasteiger partial charge in [0.1, 0.15) is 0 Å². The number of hydrogen-bond acceptors (Lipinski definition) is 3. The van der Waals surface area contributed by atoms with Crippen molar-refractivity contribution in [2.75, 3.05) is 18.0 Å². The number of aromatic nitrogens is 4. The Morgan fingerprint density at radius 2 is 1.89 bits per heavy atom. The van der Waals surface area contributed by atoms with Crippen molar-refractivity contribution in [3.05, 3.63) is 54.4 Å². The highest BCUT2D eigenvalue weighted by atomic mass is 15.1. The highest BCUT2D eigenvalue weighted by molar-refractivity contribution is 5.96. The lowest BCUT2D eigenvalue weighted by atomic mass is 10.1. The van der Waals surface area contributed by atoms with Crippen LogP contribution in [0.2, 0.25) is 0 Å². The number of pyridine rings is 1. The minimum absolute atomic E-state index is 0.922. The molecule has 0 aliphatic carbocycles. The molecule has 3 aromatic heterocycles. The van der Waals surface area contributed by atoms with Crippen LogP contribution in [0.1, 0.15) is 24.8 Å². The number of aromatic amines is 2. The second-order valence-electron chi connectivity index (χ2n) is 7.33. The molecule has 27 heavy (non-hydrogen) atoms. The van der Waals surface area contributed by atoms with Crippen molar-refractivity contribution >= 4 is 16.6 Å². The van der Waals surface area contributed by atoms with Crippen LogP contribution in [0.3, 0.4) is 0 Å². The van der Waals surface area contributed by atoms with Gasteiger partial charge in [-0.1, -0.05) is 6.07 Å². The average Bonchev–Trinajstić information content (AvgIpc) is 3.36. The van der Waals surface area contributed by atoms with Crippen molar-refractivity contribution < 1.29 is 0 Å². The fraction of sp³-hybridized carbons (Fsp3) is 0.273. The van der Waals surface area contributed by atoms with Crippen molar-refractivity contribution in [3.63, 3.8) is 0 Å². The molecule has 1 saturated heterocycles. The van der Waals surface area contributed by atoms with E-state index >= 15 is 0 Å². The maximum absolute atomic E-state index is 4.51. The molecule has 4 aromatic rings. The Morgan fingerprint density at radius 1 is 1.00 bits per heavy atom. The predicted molar refractivity (Wildman–Crippen MR) is 110 cm³/mol. The monoisotopic (exact) mass is 357 g/mol. The molecule has 5 heteroatoms. The Kier molecular flexibility index (Phi) is 3.93. The van der Waals surface area contributed by atoms with Crippen molar-refractivity contribution in [2.24, 2.45) is 0 Å². The number of nitrogens with zero attached hydrogens (tertiary/aromatic N) is 3. The lowest BCUT2D eigenvalue weighted by Crippen LogP contribution is -2.29. The van der Waals surface area contributed by atoms with Crippen LogP contribution >= 0.6 is 0 Å². The molecule has 0 spiro atoms. The van der Waals surface area contributed by atoms with E-state index in [9.17, 15) is 0 Å². The van der Waals surface area contributed by atoms with Crippen LogP contribution in [0.15, 0.2) is 48.8 Å². The van der Waals surface area contributed by atoms with Gasteiger partial charge < -0.3 is 9.88 Å². The van der Waals surface area contributed by atoms with Crippen LogP contribution in [0.25, 0.3) is 33.5 Å². The quantitative estimate of drug-likeness (QED) is 0.547. The first-order valence-corrected chi connectivity index (χ1v) is 9.63. The smallest absolute Gasteiger partial charge is 0.0945 e. The molecule has 2 N–H and O–H groups in total. The van der Waals surface area contributed by atoms with Crippen LogP contribution in [0.5, 0.6) is 0 Å². The molecule has 1 aliphatic rings. The largest absolute Gasteiger partial charge is 0.371 e. The summed E-state index contributed by atoms with van der Waals surface area (Å²) in [5.41, 5.74) is 7.71. The summed E-state index contributed by atoms with van der Waals surface area (Å²) in [6, 6.07) is 12.9. The standard InChI is InChI=1S/C22H23N5/c1-15-8-9-23-14-17(15)19-13-21(26-25-19)20-12-16-18(24-20)6-5-7-22(16)27-10-3-2-4-11-27/h5-9,12-14,24H,2-4,10-11H2,1H3,(H,25,26). The third-order valence-corrected chi connectivity index (χ3v) is 5.52. The van der Waals surface area contributed by atoms with E-state index < -0.39 is 0 Å². The molecule has 1 aliphatic heterocycles. The van der Waals surface area contributed by atoms with Gasteiger partial charge in [0, 0.05) is 47.6 Å². The van der Waals surface area contributed by atoms with Crippen molar-refractivity contribution in [3.8, 4) is 22.6 Å². The molecule has 5 rings (SSSR count). The van der Waals surface area contributed by atoms with Gasteiger partial charge in [-0.25, -0.2) is 0 Å². The van der Waals surface area contributed by atoms with Crippen LogP contribution in [-0.2, 0) is 0 Å². The Morgan fingerprint density at radius 3 is 2.74 bits per heavy atom. The number of anilines is 1. The van der Waals surface area contributed by atoms with E-state index in [0.29, 0.717) is 0 Å². The van der Waals surface area contributed by atoms with E-state index in [2.05, 4.69) is 62.3 Å². The Balaban J connectivity index is 1.54. The molecular weight excluding hydrogens is 334 g/mol. The Labute approximate surface area is 158 Å². The van der Waals surface area contributed by atoms with Crippen LogP contribution < -0.4 is 4.90 Å². The van der Waals surface area contributed by atoms with Gasteiger partial charge in [-0.3, -0.25) is 10.1 Å². The molecule has 5 nitrogen and oxygen atoms in total. The SMILES string of the molecule is Cc1ccncc1-c1cc(-c2cc3c(N4CCCCC4)cccc3[nH]2)[nH]n1. The molecular formula is C22H23N5. The number of benzene rings is 1. The molecule has 4 heterocycles. The first kappa shape index (κ1) is 16.1. The van der Waals surface area contributed by atoms with Gasteiger partial charge in [-0.2, -0.15) is 5.10 Å². The third-order valence-electron chi connectivity index (χ3n) is 5.52. The third kappa shape index (κ3) is 2.89. The normalized spacial score (nSPS) is 14.8. The summed E-state index contributed by atoms with van der Waals surface area (Å²) in [6.07, 6.45) is 7.58. The van der Waals surface area contributed by atoms with Gasteiger partial charge in [0.2, 0.25) is 0 Å². The lowest BCUT2D eigenvalue weighted by molar-refractivity contribution is 0.579. The summed E-state index contributed by atoms with van der Waals surface area (Å²) >= 11 is 0. The number of aryl methyl sites for hydroxylation is 1. The highest BCUT2D eigenvalue weighted by Crippen LogP contribution is 2.33. The average molecular weight is 357 g/mol. The van der Waals surface area contributed by atoms with E-state index in [1.165, 1.54) is 41.4 Å². The Bertz CT molecular complexity index is 1080. The van der Waals surface area contributed by atoms with E-state index in [1.54, 1.807) is 0 Å². The summed E-state index contributed by atoms with van der Waals surface area (Å²) in [7, 11) is 0. The maximum Gasteiger partial charge on any atom is 0.0945 e. The van der Waals surface area contributed by atoms with Crippen LogP contribution in [0.4, 0.5) is 5.69 Å². The van der Waals surface area contributed by atoms with E-state index in [-0.39, 0.29) is 0 Å². The number of fused-ring (bicyclic) bond motifs is 1. The first-order valence-electron chi connectivity index (χ1n) is 9.63. The zero-order valence-corrected chi connectivity index (χ0v) is 15.5. The number of hydrogen-bond donors (Lipinski definition) is 2. The molecule has 0 radical (unpaired) electrons. The first-order chi connectivity index (χ1) is 13.3. The molecule has 0 amide bonds. The molecule has 1 aromatic carbocycles. The summed E-state index contributed by atoms with van der Waals surface area (Å²) in [5, 5.41) is 8.98. The summed E-state index contributed by atoms with van der Waals surface area (Å²) in [4.78, 5) is 10.3. The predicted octanol–water partition coefficient (Wildman–Crippen LogP) is 4.92. The minimum atomic E-state index is 0.922. The Hall–Kier alpha value is -3.08. The molecule has 1 fully saturated rings. The van der Waals surface area contributed by atoms with Crippen molar-refractivity contribution in [1.29, 1.82) is 0 Å². The molecule has 0 saturated carbocycles. The van der Waals surface area contributed by atoms with Crippen LogP contribution in [0, 0.1) is 6.92 Å². The van der Waals surface area contributed by atoms with Gasteiger partial charge in [0.25, 0.3) is 0 Å². The van der Waals surface area contributed by atoms with Gasteiger partial charge in [0.05, 0.1) is 17.1 Å². The fourth-order valence-corrected chi connectivity index (χ4v) is 4.02. The zero-order chi connectivity index (χ0) is 18.2. The second-order valence-corrected chi connectivity index (χ2v) is 7.33. The molecule has 0 atom stereocenters. The van der Waals surface area contributed by atoms with Gasteiger partial charge in [0.15, 0.2) is 0 Å². The second kappa shape index (κ2) is 6.58. The number of nitrogens with one attached hydrogen (secondary N) is 2. The summed E-state index contributed by atoms with van der Waals surface area (Å²) < 4.78 is 0. The fourth-order valence-electron chi connectivity index (χ4n) is 4.02. The topological polar surface area (TPSA) is 60.6 Å². The number of H-pyrrole nitrogens is 2. The van der Waals surface area contributed by atoms with Crippen molar-refractivity contribution in [1.82, 2.24) is 20.2 Å². The van der Waals surface area contributed by atoms with E-state index in [4.69, 9.17) is 0 Å². The minimum Gasteiger partial charge on any atom is -0.371 e. The maximum atomic E-state index is 4.51. The summed E-state index contributed by atoms with van der Waals surface area (Å²) in [5.74, 6) is 0. The van der Waals surface area contributed by atoms with Gasteiger partial charge >= 0.3 is 0 Å². The molecule has 136 valence electrons. The van der Waals surface area contributed by atoms with Crippen molar-refractivity contribution in [2.45, 2.75) is 26.2 Å².